The second kappa shape index (κ2) is 9.80. The zero-order valence-electron chi connectivity index (χ0n) is 18.0. The third kappa shape index (κ3) is 5.21. The number of hydrogen-bond acceptors (Lipinski definition) is 5. The molecule has 2 aromatic carbocycles. The van der Waals surface area contributed by atoms with Gasteiger partial charge in [0.05, 0.1) is 5.25 Å². The van der Waals surface area contributed by atoms with Crippen molar-refractivity contribution < 1.29 is 9.53 Å². The topological polar surface area (TPSA) is 69.0 Å². The van der Waals surface area contributed by atoms with E-state index in [2.05, 4.69) is 15.5 Å². The summed E-state index contributed by atoms with van der Waals surface area (Å²) in [6.07, 6.45) is 0. The van der Waals surface area contributed by atoms with Crippen LogP contribution in [0.15, 0.2) is 53.7 Å². The molecule has 0 spiro atoms. The first-order valence-corrected chi connectivity index (χ1v) is 10.9. The number of hydrogen-bond donors (Lipinski definition) is 1. The number of aryl methyl sites for hydroxylation is 2. The number of nitrogens with one attached hydrogen (secondary N) is 1. The first-order valence-electron chi connectivity index (χ1n) is 10.0. The van der Waals surface area contributed by atoms with Crippen LogP contribution in [-0.2, 0) is 11.4 Å². The van der Waals surface area contributed by atoms with Crippen molar-refractivity contribution in [2.24, 2.45) is 0 Å². The predicted octanol–water partition coefficient (Wildman–Crippen LogP) is 4.47. The van der Waals surface area contributed by atoms with Crippen LogP contribution in [0, 0.1) is 13.8 Å². The molecule has 0 saturated heterocycles. The Morgan fingerprint density at radius 1 is 1.03 bits per heavy atom. The van der Waals surface area contributed by atoms with E-state index in [1.54, 1.807) is 0 Å². The first kappa shape index (κ1) is 21.9. The highest BCUT2D eigenvalue weighted by Gasteiger charge is 2.22. The highest BCUT2D eigenvalue weighted by atomic mass is 32.2. The maximum Gasteiger partial charge on any atom is 0.233 e. The van der Waals surface area contributed by atoms with Gasteiger partial charge in [-0.05, 0) is 57.9 Å². The van der Waals surface area contributed by atoms with Crippen molar-refractivity contribution in [2.45, 2.75) is 57.7 Å². The van der Waals surface area contributed by atoms with Crippen LogP contribution in [0.5, 0.6) is 5.75 Å². The quantitative estimate of drug-likeness (QED) is 0.541. The second-order valence-corrected chi connectivity index (χ2v) is 8.81. The number of thioether (sulfide) groups is 1. The predicted molar refractivity (Wildman–Crippen MR) is 120 cm³/mol. The number of aromatic nitrogens is 3. The zero-order chi connectivity index (χ0) is 21.7. The Balaban J connectivity index is 1.88. The molecule has 0 bridgehead atoms. The number of ether oxygens (including phenoxy) is 1. The summed E-state index contributed by atoms with van der Waals surface area (Å²) >= 11 is 1.39. The molecule has 1 aromatic heterocycles. The number of carbonyl (C=O) groups is 1. The van der Waals surface area contributed by atoms with Gasteiger partial charge in [-0.25, -0.2) is 0 Å². The Bertz CT molecular complexity index is 981. The fourth-order valence-corrected chi connectivity index (χ4v) is 3.98. The summed E-state index contributed by atoms with van der Waals surface area (Å²) in [6, 6.07) is 16.1. The van der Waals surface area contributed by atoms with Crippen molar-refractivity contribution in [3.05, 3.63) is 65.5 Å². The number of nitrogens with zero attached hydrogens (tertiary/aromatic N) is 3. The molecule has 0 fully saturated rings. The average Bonchev–Trinajstić information content (AvgIpc) is 3.10. The van der Waals surface area contributed by atoms with Crippen molar-refractivity contribution in [3.8, 4) is 11.4 Å². The molecule has 6 nitrogen and oxygen atoms in total. The lowest BCUT2D eigenvalue weighted by molar-refractivity contribution is -0.120. The highest BCUT2D eigenvalue weighted by Crippen LogP contribution is 2.28. The molecule has 1 N–H and O–H groups in total. The Hall–Kier alpha value is -2.80. The van der Waals surface area contributed by atoms with Gasteiger partial charge >= 0.3 is 0 Å². The van der Waals surface area contributed by atoms with Crippen molar-refractivity contribution >= 4 is 17.7 Å². The molecule has 1 heterocycles. The van der Waals surface area contributed by atoms with Gasteiger partial charge in [0.2, 0.25) is 5.91 Å². The van der Waals surface area contributed by atoms with E-state index in [9.17, 15) is 4.79 Å². The van der Waals surface area contributed by atoms with Gasteiger partial charge in [-0.3, -0.25) is 9.36 Å². The summed E-state index contributed by atoms with van der Waals surface area (Å²) in [7, 11) is 0. The van der Waals surface area contributed by atoms with E-state index in [4.69, 9.17) is 4.74 Å². The molecule has 1 amide bonds. The molecule has 0 saturated carbocycles. The first-order chi connectivity index (χ1) is 14.4. The van der Waals surface area contributed by atoms with Crippen LogP contribution in [0.1, 0.15) is 37.7 Å². The maximum atomic E-state index is 12.4. The molecule has 0 aliphatic heterocycles. The number of carbonyl (C=O) groups excluding carboxylic acids is 1. The number of rotatable bonds is 8. The standard InChI is InChI=1S/C23H28N4O2S/c1-15(2)24-22(28)18(5)30-23-26-25-20(27(23)19-12-7-6-8-13-19)14-29-21-16(3)10-9-11-17(21)4/h6-13,15,18H,14H2,1-5H3,(H,24,28)/t18-/m0/s1. The van der Waals surface area contributed by atoms with Gasteiger partial charge in [0.15, 0.2) is 11.0 Å². The maximum absolute atomic E-state index is 12.4. The van der Waals surface area contributed by atoms with E-state index in [0.717, 1.165) is 22.6 Å². The molecular formula is C23H28N4O2S. The van der Waals surface area contributed by atoms with Gasteiger partial charge < -0.3 is 10.1 Å². The van der Waals surface area contributed by atoms with Crippen LogP contribution >= 0.6 is 11.8 Å². The molecular weight excluding hydrogens is 396 g/mol. The average molecular weight is 425 g/mol. The SMILES string of the molecule is Cc1cccc(C)c1OCc1nnc(S[C@@H](C)C(=O)NC(C)C)n1-c1ccccc1. The monoisotopic (exact) mass is 424 g/mol. The Morgan fingerprint density at radius 2 is 1.70 bits per heavy atom. The minimum absolute atomic E-state index is 0.0223. The highest BCUT2D eigenvalue weighted by molar-refractivity contribution is 8.00. The largest absolute Gasteiger partial charge is 0.485 e. The van der Waals surface area contributed by atoms with Gasteiger partial charge in [-0.1, -0.05) is 48.2 Å². The summed E-state index contributed by atoms with van der Waals surface area (Å²) in [6.45, 7) is 10.1. The minimum atomic E-state index is -0.300. The van der Waals surface area contributed by atoms with E-state index in [0.29, 0.717) is 11.0 Å². The lowest BCUT2D eigenvalue weighted by Crippen LogP contribution is -2.36. The molecule has 0 unspecified atom stereocenters. The zero-order valence-corrected chi connectivity index (χ0v) is 18.9. The van der Waals surface area contributed by atoms with E-state index in [-0.39, 0.29) is 23.8 Å². The van der Waals surface area contributed by atoms with Crippen LogP contribution in [0.2, 0.25) is 0 Å². The van der Waals surface area contributed by atoms with Gasteiger partial charge in [-0.2, -0.15) is 0 Å². The molecule has 1 atom stereocenters. The van der Waals surface area contributed by atoms with Crippen LogP contribution in [0.4, 0.5) is 0 Å². The van der Waals surface area contributed by atoms with Crippen LogP contribution < -0.4 is 10.1 Å². The normalized spacial score (nSPS) is 12.1. The fourth-order valence-electron chi connectivity index (χ4n) is 3.08. The van der Waals surface area contributed by atoms with Crippen molar-refractivity contribution in [1.29, 1.82) is 0 Å². The summed E-state index contributed by atoms with van der Waals surface area (Å²) < 4.78 is 8.08. The molecule has 3 rings (SSSR count). The lowest BCUT2D eigenvalue weighted by Gasteiger charge is -2.16. The minimum Gasteiger partial charge on any atom is -0.485 e. The van der Waals surface area contributed by atoms with Gasteiger partial charge in [0, 0.05) is 11.7 Å². The van der Waals surface area contributed by atoms with Crippen molar-refractivity contribution in [1.82, 2.24) is 20.1 Å². The summed E-state index contributed by atoms with van der Waals surface area (Å²) in [5.74, 6) is 1.52. The summed E-state index contributed by atoms with van der Waals surface area (Å²) in [5.41, 5.74) is 3.09. The Labute approximate surface area is 182 Å². The van der Waals surface area contributed by atoms with Crippen LogP contribution in [0.3, 0.4) is 0 Å². The van der Waals surface area contributed by atoms with E-state index in [1.165, 1.54) is 11.8 Å². The molecule has 158 valence electrons. The summed E-state index contributed by atoms with van der Waals surface area (Å²) in [4.78, 5) is 12.4. The Kier molecular flexibility index (Phi) is 7.15. The van der Waals surface area contributed by atoms with Gasteiger partial charge in [-0.15, -0.1) is 10.2 Å². The number of para-hydroxylation sites is 2. The lowest BCUT2D eigenvalue weighted by atomic mass is 10.1. The number of amides is 1. The smallest absolute Gasteiger partial charge is 0.233 e. The third-order valence-corrected chi connectivity index (χ3v) is 5.59. The molecule has 0 aliphatic rings. The third-order valence-electron chi connectivity index (χ3n) is 4.55. The Morgan fingerprint density at radius 3 is 2.33 bits per heavy atom. The molecule has 7 heteroatoms. The summed E-state index contributed by atoms with van der Waals surface area (Å²) in [5, 5.41) is 12.0. The molecule has 0 aliphatic carbocycles. The van der Waals surface area contributed by atoms with E-state index < -0.39 is 0 Å². The molecule has 0 radical (unpaired) electrons. The second-order valence-electron chi connectivity index (χ2n) is 7.50. The van der Waals surface area contributed by atoms with Crippen LogP contribution in [0.25, 0.3) is 5.69 Å². The fraction of sp³-hybridized carbons (Fsp3) is 0.348. The van der Waals surface area contributed by atoms with E-state index in [1.807, 2.05) is 87.7 Å². The van der Waals surface area contributed by atoms with Crippen molar-refractivity contribution in [3.63, 3.8) is 0 Å². The molecule has 3 aromatic rings. The van der Waals surface area contributed by atoms with Gasteiger partial charge in [0.1, 0.15) is 12.4 Å². The number of benzene rings is 2. The van der Waals surface area contributed by atoms with Gasteiger partial charge in [0.25, 0.3) is 0 Å². The van der Waals surface area contributed by atoms with E-state index >= 15 is 0 Å². The van der Waals surface area contributed by atoms with Crippen LogP contribution in [-0.4, -0.2) is 32.0 Å². The van der Waals surface area contributed by atoms with Crippen molar-refractivity contribution in [2.75, 3.05) is 0 Å². The molecule has 30 heavy (non-hydrogen) atoms.